The molecule has 0 N–H and O–H groups in total. The average molecular weight is 399 g/mol. The maximum absolute atomic E-state index is 11.9. The molecule has 1 aliphatic rings. The van der Waals surface area contributed by atoms with Crippen molar-refractivity contribution in [3.8, 4) is 0 Å². The van der Waals surface area contributed by atoms with Gasteiger partial charge in [-0.05, 0) is 55.4 Å². The third-order valence-corrected chi connectivity index (χ3v) is 7.09. The number of thioether (sulfide) groups is 1. The van der Waals surface area contributed by atoms with Gasteiger partial charge in [-0.3, -0.25) is 0 Å². The van der Waals surface area contributed by atoms with Crippen molar-refractivity contribution in [2.24, 2.45) is 5.92 Å². The molecule has 1 aliphatic carbocycles. The summed E-state index contributed by atoms with van der Waals surface area (Å²) in [5.74, 6) is 1.25. The summed E-state index contributed by atoms with van der Waals surface area (Å²) in [6.07, 6.45) is 5.18. The zero-order valence-electron chi connectivity index (χ0n) is 15.5. The minimum Gasteiger partial charge on any atom is -0.462 e. The number of aryl methyl sites for hydroxylation is 1. The van der Waals surface area contributed by atoms with Crippen LogP contribution < -0.4 is 0 Å². The van der Waals surface area contributed by atoms with Gasteiger partial charge in [0.1, 0.15) is 16.2 Å². The normalized spacial score (nSPS) is 16.3. The molecular formula is C21H22N2O2S2. The monoisotopic (exact) mass is 398 g/mol. The van der Waals surface area contributed by atoms with Crippen LogP contribution >= 0.6 is 23.1 Å². The average Bonchev–Trinajstić information content (AvgIpc) is 3.04. The second-order valence-electron chi connectivity index (χ2n) is 6.92. The third-order valence-electron chi connectivity index (χ3n) is 4.87. The summed E-state index contributed by atoms with van der Waals surface area (Å²) in [7, 11) is 0. The highest BCUT2D eigenvalue weighted by Gasteiger charge is 2.23. The smallest absolute Gasteiger partial charge is 0.338 e. The minimum absolute atomic E-state index is 0.269. The molecule has 140 valence electrons. The summed E-state index contributed by atoms with van der Waals surface area (Å²) in [6, 6.07) is 7.66. The van der Waals surface area contributed by atoms with Crippen LogP contribution in [-0.2, 0) is 23.3 Å². The Morgan fingerprint density at radius 3 is 3.11 bits per heavy atom. The number of carbonyl (C=O) groups excluding carboxylic acids is 1. The van der Waals surface area contributed by atoms with E-state index in [1.54, 1.807) is 24.2 Å². The minimum atomic E-state index is -0.269. The number of ether oxygens (including phenoxy) is 1. The van der Waals surface area contributed by atoms with E-state index in [0.29, 0.717) is 12.2 Å². The number of fused-ring (bicyclic) bond motifs is 3. The second-order valence-corrected chi connectivity index (χ2v) is 8.97. The van der Waals surface area contributed by atoms with Gasteiger partial charge in [0.05, 0.1) is 12.2 Å². The van der Waals surface area contributed by atoms with Crippen molar-refractivity contribution in [2.75, 3.05) is 6.61 Å². The number of carbonyl (C=O) groups is 1. The van der Waals surface area contributed by atoms with E-state index in [4.69, 9.17) is 4.74 Å². The predicted octanol–water partition coefficient (Wildman–Crippen LogP) is 5.29. The maximum Gasteiger partial charge on any atom is 0.338 e. The molecule has 2 heterocycles. The van der Waals surface area contributed by atoms with Crippen molar-refractivity contribution in [3.63, 3.8) is 0 Å². The summed E-state index contributed by atoms with van der Waals surface area (Å²) >= 11 is 3.54. The van der Waals surface area contributed by atoms with Gasteiger partial charge in [0, 0.05) is 16.0 Å². The fourth-order valence-electron chi connectivity index (χ4n) is 3.51. The molecule has 4 rings (SSSR count). The molecule has 0 amide bonds. The molecule has 0 saturated carbocycles. The number of aromatic nitrogens is 2. The highest BCUT2D eigenvalue weighted by Crippen LogP contribution is 2.41. The molecule has 1 aromatic carbocycles. The molecule has 0 aliphatic heterocycles. The molecule has 1 atom stereocenters. The van der Waals surface area contributed by atoms with Crippen LogP contribution in [-0.4, -0.2) is 22.5 Å². The van der Waals surface area contributed by atoms with E-state index in [1.165, 1.54) is 22.2 Å². The maximum atomic E-state index is 11.9. The first-order valence-electron chi connectivity index (χ1n) is 9.29. The van der Waals surface area contributed by atoms with Crippen LogP contribution in [0, 0.1) is 5.92 Å². The number of hydrogen-bond donors (Lipinski definition) is 0. The molecule has 6 heteroatoms. The van der Waals surface area contributed by atoms with Crippen LogP contribution in [0.15, 0.2) is 35.6 Å². The third kappa shape index (κ3) is 3.87. The zero-order valence-corrected chi connectivity index (χ0v) is 17.2. The van der Waals surface area contributed by atoms with Crippen molar-refractivity contribution >= 4 is 39.3 Å². The topological polar surface area (TPSA) is 52.1 Å². The summed E-state index contributed by atoms with van der Waals surface area (Å²) in [4.78, 5) is 23.6. The molecule has 2 aromatic heterocycles. The van der Waals surface area contributed by atoms with Gasteiger partial charge in [-0.2, -0.15) is 0 Å². The van der Waals surface area contributed by atoms with E-state index >= 15 is 0 Å². The Morgan fingerprint density at radius 2 is 2.26 bits per heavy atom. The van der Waals surface area contributed by atoms with Crippen molar-refractivity contribution in [3.05, 3.63) is 52.2 Å². The van der Waals surface area contributed by atoms with E-state index in [2.05, 4.69) is 16.9 Å². The van der Waals surface area contributed by atoms with Gasteiger partial charge in [0.25, 0.3) is 0 Å². The fourth-order valence-corrected chi connectivity index (χ4v) is 5.89. The lowest BCUT2D eigenvalue weighted by atomic mass is 9.89. The lowest BCUT2D eigenvalue weighted by Crippen LogP contribution is -2.08. The van der Waals surface area contributed by atoms with Crippen LogP contribution in [0.25, 0.3) is 10.2 Å². The van der Waals surface area contributed by atoms with Gasteiger partial charge in [-0.1, -0.05) is 19.1 Å². The first-order chi connectivity index (χ1) is 13.2. The lowest BCUT2D eigenvalue weighted by Gasteiger charge is -2.18. The van der Waals surface area contributed by atoms with Gasteiger partial charge in [0.15, 0.2) is 0 Å². The van der Waals surface area contributed by atoms with Gasteiger partial charge < -0.3 is 4.74 Å². The molecule has 0 saturated heterocycles. The largest absolute Gasteiger partial charge is 0.462 e. The summed E-state index contributed by atoms with van der Waals surface area (Å²) in [6.45, 7) is 4.53. The molecule has 0 spiro atoms. The first-order valence-corrected chi connectivity index (χ1v) is 11.1. The number of thiophene rings is 1. The van der Waals surface area contributed by atoms with Crippen LogP contribution in [0.5, 0.6) is 0 Å². The van der Waals surface area contributed by atoms with Crippen molar-refractivity contribution in [2.45, 2.75) is 43.9 Å². The molecule has 4 nitrogen and oxygen atoms in total. The van der Waals surface area contributed by atoms with Crippen LogP contribution in [0.4, 0.5) is 0 Å². The lowest BCUT2D eigenvalue weighted by molar-refractivity contribution is 0.0526. The summed E-state index contributed by atoms with van der Waals surface area (Å²) in [5, 5.41) is 2.30. The Balaban J connectivity index is 1.58. The molecule has 0 unspecified atom stereocenters. The van der Waals surface area contributed by atoms with Crippen LogP contribution in [0.1, 0.15) is 46.6 Å². The van der Waals surface area contributed by atoms with E-state index in [1.807, 2.05) is 36.5 Å². The molecule has 27 heavy (non-hydrogen) atoms. The number of nitrogens with zero attached hydrogens (tertiary/aromatic N) is 2. The van der Waals surface area contributed by atoms with Gasteiger partial charge in [-0.25, -0.2) is 14.8 Å². The van der Waals surface area contributed by atoms with Crippen molar-refractivity contribution in [1.82, 2.24) is 9.97 Å². The molecule has 0 bridgehead atoms. The van der Waals surface area contributed by atoms with Crippen LogP contribution in [0.2, 0.25) is 0 Å². The standard InChI is InChI=1S/C21H22N2O2S2/c1-3-25-21(24)15-6-4-5-14(10-15)11-26-19-18-16-8-7-13(2)9-17(16)27-20(18)23-12-22-19/h4-6,10,12-13H,3,7-9,11H2,1-2H3/t13-/m0/s1. The van der Waals surface area contributed by atoms with Crippen molar-refractivity contribution < 1.29 is 9.53 Å². The zero-order chi connectivity index (χ0) is 18.8. The highest BCUT2D eigenvalue weighted by molar-refractivity contribution is 7.98. The van der Waals surface area contributed by atoms with E-state index in [9.17, 15) is 4.79 Å². The van der Waals surface area contributed by atoms with Gasteiger partial charge >= 0.3 is 5.97 Å². The number of rotatable bonds is 5. The molecular weight excluding hydrogens is 376 g/mol. The Kier molecular flexibility index (Phi) is 5.45. The number of hydrogen-bond acceptors (Lipinski definition) is 6. The Morgan fingerprint density at radius 1 is 1.37 bits per heavy atom. The van der Waals surface area contributed by atoms with Crippen molar-refractivity contribution in [1.29, 1.82) is 0 Å². The second kappa shape index (κ2) is 7.98. The first kappa shape index (κ1) is 18.4. The number of esters is 1. The molecule has 3 aromatic rings. The highest BCUT2D eigenvalue weighted by atomic mass is 32.2. The Hall–Kier alpha value is -1.92. The Labute approximate surface area is 167 Å². The quantitative estimate of drug-likeness (QED) is 0.332. The fraction of sp³-hybridized carbons (Fsp3) is 0.381. The van der Waals surface area contributed by atoms with Gasteiger partial charge in [0.2, 0.25) is 0 Å². The predicted molar refractivity (Wildman–Crippen MR) is 111 cm³/mol. The SMILES string of the molecule is CCOC(=O)c1cccc(CSc2ncnc3sc4c(c23)CC[C@H](C)C4)c1. The van der Waals surface area contributed by atoms with Crippen LogP contribution in [0.3, 0.4) is 0 Å². The van der Waals surface area contributed by atoms with Gasteiger partial charge in [-0.15, -0.1) is 23.1 Å². The van der Waals surface area contributed by atoms with E-state index in [0.717, 1.165) is 39.9 Å². The summed E-state index contributed by atoms with van der Waals surface area (Å²) in [5.41, 5.74) is 3.15. The Bertz CT molecular complexity index is 983. The molecule has 0 radical (unpaired) electrons. The summed E-state index contributed by atoms with van der Waals surface area (Å²) < 4.78 is 5.10. The molecule has 0 fully saturated rings. The van der Waals surface area contributed by atoms with E-state index in [-0.39, 0.29) is 5.97 Å². The van der Waals surface area contributed by atoms with E-state index < -0.39 is 0 Å². The number of benzene rings is 1.